The molecule has 1 saturated heterocycles. The van der Waals surface area contributed by atoms with Crippen LogP contribution in [0.1, 0.15) is 18.9 Å². The summed E-state index contributed by atoms with van der Waals surface area (Å²) in [5.74, 6) is 1.61. The van der Waals surface area contributed by atoms with Crippen LogP contribution in [0.2, 0.25) is 0 Å². The fraction of sp³-hybridized carbons (Fsp3) is 0.389. The van der Waals surface area contributed by atoms with E-state index in [-0.39, 0.29) is 11.7 Å². The number of ether oxygens (including phenoxy) is 1. The van der Waals surface area contributed by atoms with Gasteiger partial charge in [0.2, 0.25) is 11.8 Å². The minimum absolute atomic E-state index is 0.179. The van der Waals surface area contributed by atoms with Gasteiger partial charge < -0.3 is 14.5 Å². The lowest BCUT2D eigenvalue weighted by molar-refractivity contribution is -0.131. The summed E-state index contributed by atoms with van der Waals surface area (Å²) in [6.45, 7) is 6.47. The van der Waals surface area contributed by atoms with Crippen molar-refractivity contribution < 1.29 is 13.9 Å². The first kappa shape index (κ1) is 17.1. The van der Waals surface area contributed by atoms with Gasteiger partial charge in [-0.2, -0.15) is 0 Å². The molecule has 0 saturated carbocycles. The van der Waals surface area contributed by atoms with E-state index in [1.165, 1.54) is 18.5 Å². The van der Waals surface area contributed by atoms with Crippen LogP contribution in [0, 0.1) is 12.7 Å². The van der Waals surface area contributed by atoms with E-state index in [1.807, 2.05) is 11.8 Å². The molecule has 1 aliphatic heterocycles. The predicted molar refractivity (Wildman–Crippen MR) is 92.3 cm³/mol. The minimum atomic E-state index is -0.298. The van der Waals surface area contributed by atoms with Gasteiger partial charge in [0.15, 0.2) is 0 Å². The Morgan fingerprint density at radius 2 is 1.96 bits per heavy atom. The molecule has 1 aliphatic rings. The molecule has 7 heteroatoms. The lowest BCUT2D eigenvalue weighted by Crippen LogP contribution is -2.48. The number of aromatic nitrogens is 2. The molecular formula is C18H21FN4O2. The fourth-order valence-electron chi connectivity index (χ4n) is 2.81. The molecule has 0 bridgehead atoms. The molecule has 1 amide bonds. The van der Waals surface area contributed by atoms with Gasteiger partial charge >= 0.3 is 0 Å². The number of amides is 1. The third-order valence-electron chi connectivity index (χ3n) is 4.24. The van der Waals surface area contributed by atoms with Crippen LogP contribution in [0.4, 0.5) is 10.2 Å². The molecule has 3 rings (SSSR count). The SMILES string of the molecule is CCC(=O)N1CCN(c2cc(Oc3ccc(F)cc3C)ncn2)CC1. The molecule has 1 fully saturated rings. The number of halogens is 1. The summed E-state index contributed by atoms with van der Waals surface area (Å²) in [5, 5.41) is 0. The molecule has 2 aromatic rings. The highest BCUT2D eigenvalue weighted by Crippen LogP contribution is 2.26. The second kappa shape index (κ2) is 7.46. The Bertz CT molecular complexity index is 760. The van der Waals surface area contributed by atoms with Crippen LogP contribution in [0.5, 0.6) is 11.6 Å². The van der Waals surface area contributed by atoms with Crippen LogP contribution in [0.25, 0.3) is 0 Å². The van der Waals surface area contributed by atoms with E-state index >= 15 is 0 Å². The largest absolute Gasteiger partial charge is 0.439 e. The topological polar surface area (TPSA) is 58.6 Å². The number of carbonyl (C=O) groups is 1. The zero-order valence-corrected chi connectivity index (χ0v) is 14.4. The van der Waals surface area contributed by atoms with Crippen molar-refractivity contribution in [2.45, 2.75) is 20.3 Å². The number of aryl methyl sites for hydroxylation is 1. The normalized spacial score (nSPS) is 14.5. The highest BCUT2D eigenvalue weighted by atomic mass is 19.1. The van der Waals surface area contributed by atoms with Crippen LogP contribution in [0.15, 0.2) is 30.6 Å². The second-order valence-corrected chi connectivity index (χ2v) is 5.95. The van der Waals surface area contributed by atoms with Gasteiger partial charge in [-0.15, -0.1) is 0 Å². The number of hydrogen-bond acceptors (Lipinski definition) is 5. The lowest BCUT2D eigenvalue weighted by Gasteiger charge is -2.35. The number of rotatable bonds is 4. The fourth-order valence-corrected chi connectivity index (χ4v) is 2.81. The van der Waals surface area contributed by atoms with Gasteiger partial charge in [0, 0.05) is 38.7 Å². The van der Waals surface area contributed by atoms with E-state index < -0.39 is 0 Å². The Morgan fingerprint density at radius 1 is 1.20 bits per heavy atom. The number of benzene rings is 1. The molecule has 0 unspecified atom stereocenters. The summed E-state index contributed by atoms with van der Waals surface area (Å²) in [6.07, 6.45) is 1.98. The Balaban J connectivity index is 1.69. The summed E-state index contributed by atoms with van der Waals surface area (Å²) < 4.78 is 19.0. The first-order valence-electron chi connectivity index (χ1n) is 8.35. The highest BCUT2D eigenvalue weighted by Gasteiger charge is 2.21. The average Bonchev–Trinajstić information content (AvgIpc) is 2.64. The first-order chi connectivity index (χ1) is 12.1. The monoisotopic (exact) mass is 344 g/mol. The van der Waals surface area contributed by atoms with E-state index in [9.17, 15) is 9.18 Å². The summed E-state index contributed by atoms with van der Waals surface area (Å²) in [4.78, 5) is 24.2. The molecule has 0 aliphatic carbocycles. The number of carbonyl (C=O) groups excluding carboxylic acids is 1. The summed E-state index contributed by atoms with van der Waals surface area (Å²) >= 11 is 0. The first-order valence-corrected chi connectivity index (χ1v) is 8.35. The molecule has 0 N–H and O–H groups in total. The van der Waals surface area contributed by atoms with Crippen molar-refractivity contribution in [1.29, 1.82) is 0 Å². The van der Waals surface area contributed by atoms with Gasteiger partial charge in [-0.1, -0.05) is 6.92 Å². The maximum Gasteiger partial charge on any atom is 0.224 e. The molecule has 25 heavy (non-hydrogen) atoms. The zero-order valence-electron chi connectivity index (χ0n) is 14.4. The summed E-state index contributed by atoms with van der Waals surface area (Å²) in [6, 6.07) is 6.12. The maximum absolute atomic E-state index is 13.2. The van der Waals surface area contributed by atoms with E-state index in [1.54, 1.807) is 19.1 Å². The Hall–Kier alpha value is -2.70. The number of piperazine rings is 1. The minimum Gasteiger partial charge on any atom is -0.439 e. The molecule has 0 spiro atoms. The van der Waals surface area contributed by atoms with Gasteiger partial charge in [-0.3, -0.25) is 4.79 Å². The van der Waals surface area contributed by atoms with Crippen LogP contribution in [-0.2, 0) is 4.79 Å². The van der Waals surface area contributed by atoms with Crippen LogP contribution >= 0.6 is 0 Å². The van der Waals surface area contributed by atoms with E-state index in [0.717, 1.165) is 18.9 Å². The molecule has 0 atom stereocenters. The predicted octanol–water partition coefficient (Wildman–Crippen LogP) is 2.78. The third kappa shape index (κ3) is 4.04. The summed E-state index contributed by atoms with van der Waals surface area (Å²) in [7, 11) is 0. The van der Waals surface area contributed by atoms with Gasteiger partial charge in [0.05, 0.1) is 0 Å². The smallest absolute Gasteiger partial charge is 0.224 e. The molecule has 0 radical (unpaired) electrons. The van der Waals surface area contributed by atoms with E-state index in [0.29, 0.717) is 36.7 Å². The van der Waals surface area contributed by atoms with E-state index in [2.05, 4.69) is 14.9 Å². The number of anilines is 1. The zero-order chi connectivity index (χ0) is 17.8. The molecule has 1 aromatic heterocycles. The van der Waals surface area contributed by atoms with Crippen molar-refractivity contribution in [3.63, 3.8) is 0 Å². The molecule has 6 nitrogen and oxygen atoms in total. The van der Waals surface area contributed by atoms with Gasteiger partial charge in [0.25, 0.3) is 0 Å². The molecular weight excluding hydrogens is 323 g/mol. The van der Waals surface area contributed by atoms with Crippen LogP contribution in [-0.4, -0.2) is 47.0 Å². The molecule has 2 heterocycles. The van der Waals surface area contributed by atoms with Crippen molar-refractivity contribution in [2.24, 2.45) is 0 Å². The van der Waals surface area contributed by atoms with Gasteiger partial charge in [-0.05, 0) is 30.7 Å². The molecule has 132 valence electrons. The Labute approximate surface area is 146 Å². The standard InChI is InChI=1S/C18H21FN4O2/c1-3-18(24)23-8-6-22(7-9-23)16-11-17(21-12-20-16)25-15-5-4-14(19)10-13(15)2/h4-5,10-12H,3,6-9H2,1-2H3. The Kier molecular flexibility index (Phi) is 5.11. The van der Waals surface area contributed by atoms with Crippen molar-refractivity contribution in [3.05, 3.63) is 42.0 Å². The van der Waals surface area contributed by atoms with Crippen molar-refractivity contribution in [1.82, 2.24) is 14.9 Å². The quantitative estimate of drug-likeness (QED) is 0.854. The number of hydrogen-bond donors (Lipinski definition) is 0. The Morgan fingerprint density at radius 3 is 2.64 bits per heavy atom. The van der Waals surface area contributed by atoms with Gasteiger partial charge in [0.1, 0.15) is 23.7 Å². The maximum atomic E-state index is 13.2. The van der Waals surface area contributed by atoms with E-state index in [4.69, 9.17) is 4.74 Å². The van der Waals surface area contributed by atoms with Crippen molar-refractivity contribution >= 4 is 11.7 Å². The number of nitrogens with zero attached hydrogens (tertiary/aromatic N) is 4. The lowest BCUT2D eigenvalue weighted by atomic mass is 10.2. The third-order valence-corrected chi connectivity index (χ3v) is 4.24. The second-order valence-electron chi connectivity index (χ2n) is 5.95. The van der Waals surface area contributed by atoms with Crippen molar-refractivity contribution in [2.75, 3.05) is 31.1 Å². The molecule has 1 aromatic carbocycles. The average molecular weight is 344 g/mol. The highest BCUT2D eigenvalue weighted by molar-refractivity contribution is 5.76. The summed E-state index contributed by atoms with van der Waals surface area (Å²) in [5.41, 5.74) is 0.701. The van der Waals surface area contributed by atoms with Crippen LogP contribution in [0.3, 0.4) is 0 Å². The van der Waals surface area contributed by atoms with Gasteiger partial charge in [-0.25, -0.2) is 14.4 Å². The van der Waals surface area contributed by atoms with Crippen molar-refractivity contribution in [3.8, 4) is 11.6 Å². The van der Waals surface area contributed by atoms with Crippen LogP contribution < -0.4 is 9.64 Å².